The molecule has 1 aromatic rings. The van der Waals surface area contributed by atoms with E-state index in [1.807, 2.05) is 32.0 Å². The Bertz CT molecular complexity index is 583. The summed E-state index contributed by atoms with van der Waals surface area (Å²) in [6, 6.07) is 5.91. The number of methoxy groups -OCH3 is 1. The predicted molar refractivity (Wildman–Crippen MR) is 102 cm³/mol. The van der Waals surface area contributed by atoms with Gasteiger partial charge in [0, 0.05) is 18.1 Å². The van der Waals surface area contributed by atoms with Crippen molar-refractivity contribution in [1.82, 2.24) is 10.6 Å². The number of carbonyl (C=O) groups is 1. The summed E-state index contributed by atoms with van der Waals surface area (Å²) in [5, 5.41) is 15.6. The van der Waals surface area contributed by atoms with E-state index in [1.54, 1.807) is 7.11 Å². The van der Waals surface area contributed by atoms with Gasteiger partial charge < -0.3 is 25.2 Å². The number of carbonyl (C=O) groups excluding carboxylic acids is 1. The fraction of sp³-hybridized carbons (Fsp3) is 0.650. The van der Waals surface area contributed by atoms with Gasteiger partial charge in [0.1, 0.15) is 0 Å². The van der Waals surface area contributed by atoms with Crippen LogP contribution >= 0.6 is 0 Å². The van der Waals surface area contributed by atoms with Gasteiger partial charge in [-0.3, -0.25) is 4.79 Å². The summed E-state index contributed by atoms with van der Waals surface area (Å²) in [6.07, 6.45) is 5.74. The van der Waals surface area contributed by atoms with Gasteiger partial charge >= 0.3 is 0 Å². The maximum atomic E-state index is 12.1. The Balaban J connectivity index is 1.87. The molecule has 1 amide bonds. The van der Waals surface area contributed by atoms with Crippen molar-refractivity contribution in [3.05, 3.63) is 23.8 Å². The second-order valence-electron chi connectivity index (χ2n) is 7.57. The fourth-order valence-corrected chi connectivity index (χ4v) is 3.00. The molecule has 146 valence electrons. The number of ether oxygens (including phenoxy) is 2. The Hall–Kier alpha value is -1.79. The summed E-state index contributed by atoms with van der Waals surface area (Å²) in [4.78, 5) is 12.1. The summed E-state index contributed by atoms with van der Waals surface area (Å²) in [6.45, 7) is 4.52. The van der Waals surface area contributed by atoms with Crippen LogP contribution in [0.25, 0.3) is 0 Å². The number of benzene rings is 1. The van der Waals surface area contributed by atoms with E-state index in [9.17, 15) is 9.90 Å². The van der Waals surface area contributed by atoms with Crippen molar-refractivity contribution in [2.75, 3.05) is 20.3 Å². The summed E-state index contributed by atoms with van der Waals surface area (Å²) < 4.78 is 11.0. The van der Waals surface area contributed by atoms with Gasteiger partial charge in [-0.15, -0.1) is 0 Å². The molecule has 0 atom stereocenters. The van der Waals surface area contributed by atoms with Crippen LogP contribution < -0.4 is 20.1 Å². The first-order chi connectivity index (χ1) is 12.4. The predicted octanol–water partition coefficient (Wildman–Crippen LogP) is 2.38. The second-order valence-corrected chi connectivity index (χ2v) is 7.57. The Morgan fingerprint density at radius 1 is 1.23 bits per heavy atom. The van der Waals surface area contributed by atoms with E-state index >= 15 is 0 Å². The molecule has 1 saturated carbocycles. The molecule has 0 aliphatic heterocycles. The van der Waals surface area contributed by atoms with E-state index < -0.39 is 0 Å². The van der Waals surface area contributed by atoms with Gasteiger partial charge in [-0.25, -0.2) is 0 Å². The SMILES string of the molecule is COc1cc(CNC(C)(C)CO)ccc1OCC(=O)NC1CCCCC1. The molecule has 1 aliphatic rings. The standard InChI is InChI=1S/C20H32N2O4/c1-20(2,14-23)21-12-15-9-10-17(18(11-15)25-3)26-13-19(24)22-16-7-5-4-6-8-16/h9-11,16,21,23H,4-8,12-14H2,1-3H3,(H,22,24). The molecule has 0 spiro atoms. The van der Waals surface area contributed by atoms with Gasteiger partial charge in [-0.2, -0.15) is 0 Å². The number of amides is 1. The highest BCUT2D eigenvalue weighted by atomic mass is 16.5. The maximum Gasteiger partial charge on any atom is 0.258 e. The minimum Gasteiger partial charge on any atom is -0.493 e. The van der Waals surface area contributed by atoms with Gasteiger partial charge in [-0.05, 0) is 44.4 Å². The van der Waals surface area contributed by atoms with Crippen molar-refractivity contribution in [1.29, 1.82) is 0 Å². The topological polar surface area (TPSA) is 79.8 Å². The lowest BCUT2D eigenvalue weighted by Gasteiger charge is -2.24. The number of aliphatic hydroxyl groups is 1. The molecule has 6 nitrogen and oxygen atoms in total. The van der Waals surface area contributed by atoms with Crippen LogP contribution in [-0.4, -0.2) is 42.9 Å². The van der Waals surface area contributed by atoms with E-state index in [4.69, 9.17) is 9.47 Å². The Morgan fingerprint density at radius 2 is 1.96 bits per heavy atom. The first kappa shape index (κ1) is 20.5. The normalized spacial score (nSPS) is 15.5. The molecule has 1 aromatic carbocycles. The van der Waals surface area contributed by atoms with Crippen LogP contribution in [0.4, 0.5) is 0 Å². The lowest BCUT2D eigenvalue weighted by Crippen LogP contribution is -2.42. The number of hydrogen-bond donors (Lipinski definition) is 3. The van der Waals surface area contributed by atoms with Crippen LogP contribution in [0.15, 0.2) is 18.2 Å². The highest BCUT2D eigenvalue weighted by Gasteiger charge is 2.17. The minimum atomic E-state index is -0.348. The smallest absolute Gasteiger partial charge is 0.258 e. The van der Waals surface area contributed by atoms with Crippen molar-refractivity contribution in [3.8, 4) is 11.5 Å². The van der Waals surface area contributed by atoms with E-state index in [0.717, 1.165) is 18.4 Å². The summed E-state index contributed by atoms with van der Waals surface area (Å²) in [5.74, 6) is 1.06. The molecule has 0 saturated heterocycles. The van der Waals surface area contributed by atoms with E-state index in [1.165, 1.54) is 19.3 Å². The van der Waals surface area contributed by atoms with Crippen LogP contribution in [0, 0.1) is 0 Å². The maximum absolute atomic E-state index is 12.1. The summed E-state index contributed by atoms with van der Waals surface area (Å²) >= 11 is 0. The molecule has 0 bridgehead atoms. The Labute approximate surface area is 156 Å². The average molecular weight is 364 g/mol. The van der Waals surface area contributed by atoms with Crippen molar-refractivity contribution < 1.29 is 19.4 Å². The van der Waals surface area contributed by atoms with Gasteiger partial charge in [0.25, 0.3) is 5.91 Å². The number of hydrogen-bond acceptors (Lipinski definition) is 5. The molecule has 0 aromatic heterocycles. The molecule has 6 heteroatoms. The highest BCUT2D eigenvalue weighted by molar-refractivity contribution is 5.78. The van der Waals surface area contributed by atoms with Crippen LogP contribution in [0.3, 0.4) is 0 Å². The molecule has 0 unspecified atom stereocenters. The van der Waals surface area contributed by atoms with Gasteiger partial charge in [0.2, 0.25) is 0 Å². The average Bonchev–Trinajstić information content (AvgIpc) is 2.66. The van der Waals surface area contributed by atoms with Crippen LogP contribution in [0.1, 0.15) is 51.5 Å². The van der Waals surface area contributed by atoms with Gasteiger partial charge in [0.15, 0.2) is 18.1 Å². The second kappa shape index (κ2) is 9.78. The largest absolute Gasteiger partial charge is 0.493 e. The van der Waals surface area contributed by atoms with E-state index in [2.05, 4.69) is 10.6 Å². The zero-order chi connectivity index (χ0) is 19.0. The van der Waals surface area contributed by atoms with Crippen molar-refractivity contribution >= 4 is 5.91 Å². The minimum absolute atomic E-state index is 0.0119. The van der Waals surface area contributed by atoms with Gasteiger partial charge in [0.05, 0.1) is 13.7 Å². The van der Waals surface area contributed by atoms with E-state index in [0.29, 0.717) is 18.0 Å². The third-order valence-electron chi connectivity index (χ3n) is 4.72. The quantitative estimate of drug-likeness (QED) is 0.627. The molecule has 0 radical (unpaired) electrons. The molecule has 2 rings (SSSR count). The van der Waals surface area contributed by atoms with Crippen LogP contribution in [0.5, 0.6) is 11.5 Å². The lowest BCUT2D eigenvalue weighted by molar-refractivity contribution is -0.124. The van der Waals surface area contributed by atoms with Crippen molar-refractivity contribution in [2.45, 2.75) is 64.1 Å². The molecule has 1 aliphatic carbocycles. The highest BCUT2D eigenvalue weighted by Crippen LogP contribution is 2.28. The number of nitrogens with one attached hydrogen (secondary N) is 2. The Kier molecular flexibility index (Phi) is 7.72. The zero-order valence-corrected chi connectivity index (χ0v) is 16.1. The molecular formula is C20H32N2O4. The molecular weight excluding hydrogens is 332 g/mol. The third-order valence-corrected chi connectivity index (χ3v) is 4.72. The van der Waals surface area contributed by atoms with Crippen molar-refractivity contribution in [3.63, 3.8) is 0 Å². The van der Waals surface area contributed by atoms with Crippen LogP contribution in [0.2, 0.25) is 0 Å². The molecule has 0 heterocycles. The van der Waals surface area contributed by atoms with Crippen LogP contribution in [-0.2, 0) is 11.3 Å². The lowest BCUT2D eigenvalue weighted by atomic mass is 9.95. The monoisotopic (exact) mass is 364 g/mol. The molecule has 1 fully saturated rings. The Morgan fingerprint density at radius 3 is 2.62 bits per heavy atom. The number of aliphatic hydroxyl groups excluding tert-OH is 1. The van der Waals surface area contributed by atoms with Gasteiger partial charge in [-0.1, -0.05) is 25.3 Å². The van der Waals surface area contributed by atoms with E-state index in [-0.39, 0.29) is 30.7 Å². The fourth-order valence-electron chi connectivity index (χ4n) is 3.00. The zero-order valence-electron chi connectivity index (χ0n) is 16.1. The third kappa shape index (κ3) is 6.50. The molecule has 3 N–H and O–H groups in total. The summed E-state index contributed by atoms with van der Waals surface area (Å²) in [7, 11) is 1.58. The summed E-state index contributed by atoms with van der Waals surface area (Å²) in [5.41, 5.74) is 0.668. The first-order valence-electron chi connectivity index (χ1n) is 9.38. The number of rotatable bonds is 9. The van der Waals surface area contributed by atoms with Crippen molar-refractivity contribution in [2.24, 2.45) is 0 Å². The molecule has 26 heavy (non-hydrogen) atoms. The first-order valence-corrected chi connectivity index (χ1v) is 9.38.